The van der Waals surface area contributed by atoms with Crippen LogP contribution in [0.5, 0.6) is 0 Å². The summed E-state index contributed by atoms with van der Waals surface area (Å²) in [6.07, 6.45) is 4.51. The van der Waals surface area contributed by atoms with Gasteiger partial charge in [0.25, 0.3) is 5.91 Å². The molecule has 20 heavy (non-hydrogen) atoms. The van der Waals surface area contributed by atoms with Crippen LogP contribution in [0.3, 0.4) is 0 Å². The lowest BCUT2D eigenvalue weighted by molar-refractivity contribution is -0.130. The maximum atomic E-state index is 11.9. The highest BCUT2D eigenvalue weighted by Gasteiger charge is 2.19. The predicted octanol–water partition coefficient (Wildman–Crippen LogP) is 2.76. The highest BCUT2D eigenvalue weighted by Crippen LogP contribution is 2.14. The fraction of sp³-hybridized carbons (Fsp3) is 0.571. The van der Waals surface area contributed by atoms with Gasteiger partial charge in [-0.2, -0.15) is 0 Å². The molecule has 1 aliphatic heterocycles. The second-order valence-corrected chi connectivity index (χ2v) is 5.73. The highest BCUT2D eigenvalue weighted by atomic mass is 79.9. The van der Waals surface area contributed by atoms with Crippen LogP contribution in [0, 0.1) is 0 Å². The summed E-state index contributed by atoms with van der Waals surface area (Å²) in [5, 5.41) is 2.72. The molecule has 6 heteroatoms. The van der Waals surface area contributed by atoms with E-state index >= 15 is 0 Å². The van der Waals surface area contributed by atoms with E-state index in [1.54, 1.807) is 19.2 Å². The predicted molar refractivity (Wildman–Crippen MR) is 79.6 cm³/mol. The Labute approximate surface area is 127 Å². The molecule has 110 valence electrons. The van der Waals surface area contributed by atoms with E-state index in [2.05, 4.69) is 26.2 Å². The van der Waals surface area contributed by atoms with Crippen molar-refractivity contribution in [3.8, 4) is 0 Å². The van der Waals surface area contributed by atoms with Crippen molar-refractivity contribution >= 4 is 27.7 Å². The molecule has 1 saturated heterocycles. The maximum absolute atomic E-state index is 11.9. The van der Waals surface area contributed by atoms with E-state index in [9.17, 15) is 4.79 Å². The summed E-state index contributed by atoms with van der Waals surface area (Å²) >= 11 is 3.30. The van der Waals surface area contributed by atoms with E-state index in [0.717, 1.165) is 30.3 Å². The van der Waals surface area contributed by atoms with Crippen LogP contribution in [0.25, 0.3) is 0 Å². The molecule has 5 nitrogen and oxygen atoms in total. The maximum Gasteiger partial charge on any atom is 0.254 e. The molecule has 0 spiro atoms. The van der Waals surface area contributed by atoms with Gasteiger partial charge in [0.2, 0.25) is 0 Å². The fourth-order valence-corrected chi connectivity index (χ4v) is 2.18. The number of amides is 1. The summed E-state index contributed by atoms with van der Waals surface area (Å²) in [7, 11) is 0. The first-order chi connectivity index (χ1) is 9.65. The first kappa shape index (κ1) is 15.4. The van der Waals surface area contributed by atoms with Gasteiger partial charge in [0.1, 0.15) is 11.9 Å². The number of hydrogen-bond donors (Lipinski definition) is 1. The summed E-state index contributed by atoms with van der Waals surface area (Å²) in [5.41, 5.74) is 0. The lowest BCUT2D eigenvalue weighted by atomic mass is 10.1. The minimum Gasteiger partial charge on any atom is -0.376 e. The number of halogens is 1. The minimum absolute atomic E-state index is 0.116. The number of ether oxygens (including phenoxy) is 2. The number of nitrogens with zero attached hydrogens (tertiary/aromatic N) is 1. The van der Waals surface area contributed by atoms with E-state index in [-0.39, 0.29) is 12.0 Å². The van der Waals surface area contributed by atoms with Crippen molar-refractivity contribution in [2.75, 3.05) is 18.5 Å². The Morgan fingerprint density at radius 1 is 1.60 bits per heavy atom. The number of pyridine rings is 1. The quantitative estimate of drug-likeness (QED) is 0.893. The lowest BCUT2D eigenvalue weighted by Gasteiger charge is -2.23. The molecular formula is C14H19BrN2O3. The molecule has 2 heterocycles. The number of carbonyl (C=O) groups excluding carboxylic acids is 1. The molecule has 1 aromatic heterocycles. The summed E-state index contributed by atoms with van der Waals surface area (Å²) in [5.74, 6) is 0.318. The Kier molecular flexibility index (Phi) is 5.94. The molecule has 1 amide bonds. The van der Waals surface area contributed by atoms with Crippen LogP contribution in [0.15, 0.2) is 22.8 Å². The highest BCUT2D eigenvalue weighted by molar-refractivity contribution is 9.10. The molecule has 2 rings (SSSR count). The molecule has 2 unspecified atom stereocenters. The summed E-state index contributed by atoms with van der Waals surface area (Å²) in [6, 6.07) is 3.56. The third-order valence-electron chi connectivity index (χ3n) is 3.15. The van der Waals surface area contributed by atoms with Crippen LogP contribution in [-0.4, -0.2) is 36.3 Å². The van der Waals surface area contributed by atoms with Gasteiger partial charge in [-0.15, -0.1) is 0 Å². The number of aromatic nitrogens is 1. The van der Waals surface area contributed by atoms with E-state index in [0.29, 0.717) is 12.4 Å². The third-order valence-corrected chi connectivity index (χ3v) is 3.62. The summed E-state index contributed by atoms with van der Waals surface area (Å²) in [4.78, 5) is 16.0. The zero-order valence-electron chi connectivity index (χ0n) is 11.5. The van der Waals surface area contributed by atoms with Crippen molar-refractivity contribution < 1.29 is 14.3 Å². The summed E-state index contributed by atoms with van der Waals surface area (Å²) in [6.45, 7) is 2.98. The van der Waals surface area contributed by atoms with Gasteiger partial charge >= 0.3 is 0 Å². The van der Waals surface area contributed by atoms with E-state index in [1.165, 1.54) is 0 Å². The summed E-state index contributed by atoms with van der Waals surface area (Å²) < 4.78 is 12.0. The normalized spacial score (nSPS) is 20.4. The Morgan fingerprint density at radius 2 is 2.45 bits per heavy atom. The van der Waals surface area contributed by atoms with E-state index < -0.39 is 6.10 Å². The van der Waals surface area contributed by atoms with Crippen LogP contribution in [0.2, 0.25) is 0 Å². The molecule has 1 aromatic rings. The monoisotopic (exact) mass is 342 g/mol. The lowest BCUT2D eigenvalue weighted by Crippen LogP contribution is -2.32. The first-order valence-electron chi connectivity index (χ1n) is 6.81. The van der Waals surface area contributed by atoms with Crippen molar-refractivity contribution in [3.05, 3.63) is 22.8 Å². The molecule has 0 aliphatic carbocycles. The smallest absolute Gasteiger partial charge is 0.254 e. The van der Waals surface area contributed by atoms with Gasteiger partial charge in [-0.3, -0.25) is 4.79 Å². The van der Waals surface area contributed by atoms with Crippen molar-refractivity contribution in [3.63, 3.8) is 0 Å². The molecule has 0 aromatic carbocycles. The van der Waals surface area contributed by atoms with Crippen LogP contribution >= 0.6 is 15.9 Å². The molecule has 1 N–H and O–H groups in total. The standard InChI is InChI=1S/C14H19BrN2O3/c1-10(20-9-12-4-2-3-7-19-12)14(18)17-13-6-5-11(15)8-16-13/h5-6,8,10,12H,2-4,7,9H2,1H3,(H,16,17,18). The van der Waals surface area contributed by atoms with Gasteiger partial charge in [-0.1, -0.05) is 0 Å². The van der Waals surface area contributed by atoms with Crippen molar-refractivity contribution in [1.82, 2.24) is 4.98 Å². The van der Waals surface area contributed by atoms with Gasteiger partial charge in [0, 0.05) is 17.3 Å². The average Bonchev–Trinajstić information content (AvgIpc) is 2.48. The van der Waals surface area contributed by atoms with Crippen LogP contribution in [0.4, 0.5) is 5.82 Å². The largest absolute Gasteiger partial charge is 0.376 e. The SMILES string of the molecule is CC(OCC1CCCCO1)C(=O)Nc1ccc(Br)cn1. The van der Waals surface area contributed by atoms with Crippen molar-refractivity contribution in [1.29, 1.82) is 0 Å². The first-order valence-corrected chi connectivity index (χ1v) is 7.60. The second kappa shape index (κ2) is 7.71. The van der Waals surface area contributed by atoms with Crippen molar-refractivity contribution in [2.45, 2.75) is 38.4 Å². The third kappa shape index (κ3) is 4.85. The average molecular weight is 343 g/mol. The molecule has 0 saturated carbocycles. The number of anilines is 1. The topological polar surface area (TPSA) is 60.5 Å². The van der Waals surface area contributed by atoms with Crippen LogP contribution in [-0.2, 0) is 14.3 Å². The Morgan fingerprint density at radius 3 is 3.10 bits per heavy atom. The zero-order chi connectivity index (χ0) is 14.4. The fourth-order valence-electron chi connectivity index (χ4n) is 1.94. The van der Waals surface area contributed by atoms with Gasteiger partial charge < -0.3 is 14.8 Å². The number of carbonyl (C=O) groups is 1. The van der Waals surface area contributed by atoms with Gasteiger partial charge in [-0.25, -0.2) is 4.98 Å². The number of rotatable bonds is 5. The molecular weight excluding hydrogens is 324 g/mol. The van der Waals surface area contributed by atoms with Crippen LogP contribution in [0.1, 0.15) is 26.2 Å². The van der Waals surface area contributed by atoms with Crippen LogP contribution < -0.4 is 5.32 Å². The van der Waals surface area contributed by atoms with Crippen molar-refractivity contribution in [2.24, 2.45) is 0 Å². The number of nitrogens with one attached hydrogen (secondary N) is 1. The molecule has 1 aliphatic rings. The molecule has 2 atom stereocenters. The van der Waals surface area contributed by atoms with E-state index in [4.69, 9.17) is 9.47 Å². The molecule has 0 radical (unpaired) electrons. The van der Waals surface area contributed by atoms with Gasteiger partial charge in [-0.05, 0) is 54.2 Å². The van der Waals surface area contributed by atoms with E-state index in [1.807, 2.05) is 6.07 Å². The Hall–Kier alpha value is -0.980. The van der Waals surface area contributed by atoms with Gasteiger partial charge in [0.15, 0.2) is 0 Å². The zero-order valence-corrected chi connectivity index (χ0v) is 13.1. The Balaban J connectivity index is 1.75. The Bertz CT molecular complexity index is 433. The molecule has 1 fully saturated rings. The van der Waals surface area contributed by atoms with Gasteiger partial charge in [0.05, 0.1) is 12.7 Å². The minimum atomic E-state index is -0.522. The number of hydrogen-bond acceptors (Lipinski definition) is 4. The second-order valence-electron chi connectivity index (χ2n) is 4.82. The molecule has 0 bridgehead atoms.